The number of carbonyl (C=O) groups excluding carboxylic acids is 4. The number of hydrogen-bond donors (Lipinski definition) is 3. The van der Waals surface area contributed by atoms with Crippen LogP contribution in [-0.4, -0.2) is 96.7 Å². The number of unbranched alkanes of at least 4 members (excludes halogenated alkanes) is 45. The molecule has 6 atom stereocenters. The average Bonchev–Trinajstić information content (AvgIpc) is 3.54. The van der Waals surface area contributed by atoms with Gasteiger partial charge in [-0.25, -0.2) is 9.13 Å². The van der Waals surface area contributed by atoms with Gasteiger partial charge in [-0.05, 0) is 31.6 Å². The van der Waals surface area contributed by atoms with Crippen LogP contribution in [-0.2, 0) is 65.4 Å². The highest BCUT2D eigenvalue weighted by atomic mass is 31.2. The van der Waals surface area contributed by atoms with Gasteiger partial charge >= 0.3 is 39.5 Å². The summed E-state index contributed by atoms with van der Waals surface area (Å²) < 4.78 is 68.4. The third-order valence-corrected chi connectivity index (χ3v) is 19.5. The summed E-state index contributed by atoms with van der Waals surface area (Å²) in [7, 11) is -9.90. The summed E-state index contributed by atoms with van der Waals surface area (Å²) in [5.41, 5.74) is 0. The smallest absolute Gasteiger partial charge is 0.462 e. The first-order valence-electron chi connectivity index (χ1n) is 38.7. The lowest BCUT2D eigenvalue weighted by Gasteiger charge is -2.21. The van der Waals surface area contributed by atoms with E-state index in [2.05, 4.69) is 34.6 Å². The molecule has 0 saturated carbocycles. The summed E-state index contributed by atoms with van der Waals surface area (Å²) >= 11 is 0. The molecule has 0 rings (SSSR count). The standard InChI is InChI=1S/C74H144O17P2/c1-6-10-13-16-19-21-23-25-30-34-38-43-48-53-58-72(77)85-64-70(91-74(79)60-55-50-45-40-36-32-28-27-29-33-37-42-46-51-56-67(5)9-4)66-89-93(82,83)87-62-68(75)61-86-92(80,81)88-65-69(63-84-71(76)57-52-47-41-18-15-12-8-3)90-73(78)59-54-49-44-39-35-31-26-24-22-20-17-14-11-7-2/h67-70,75H,6-66H2,1-5H3,(H,80,81)(H,82,83)/t67?,68-,69+,70+/m0/s1. The monoisotopic (exact) mass is 1370 g/mol. The fourth-order valence-electron chi connectivity index (χ4n) is 11.3. The van der Waals surface area contributed by atoms with Crippen molar-refractivity contribution in [2.75, 3.05) is 39.6 Å². The molecular weight excluding hydrogens is 1220 g/mol. The minimum absolute atomic E-state index is 0.108. The van der Waals surface area contributed by atoms with Gasteiger partial charge in [0, 0.05) is 25.7 Å². The Morgan fingerprint density at radius 1 is 0.301 bits per heavy atom. The number of phosphoric ester groups is 2. The van der Waals surface area contributed by atoms with E-state index in [1.54, 1.807) is 0 Å². The average molecular weight is 1370 g/mol. The predicted molar refractivity (Wildman–Crippen MR) is 377 cm³/mol. The first kappa shape index (κ1) is 91.1. The van der Waals surface area contributed by atoms with E-state index in [0.29, 0.717) is 25.7 Å². The van der Waals surface area contributed by atoms with Crippen molar-refractivity contribution >= 4 is 39.5 Å². The fraction of sp³-hybridized carbons (Fsp3) is 0.946. The molecule has 0 aliphatic heterocycles. The van der Waals surface area contributed by atoms with E-state index >= 15 is 0 Å². The van der Waals surface area contributed by atoms with Crippen molar-refractivity contribution in [1.82, 2.24) is 0 Å². The highest BCUT2D eigenvalue weighted by Crippen LogP contribution is 2.45. The molecule has 0 aromatic heterocycles. The van der Waals surface area contributed by atoms with E-state index in [1.807, 2.05) is 0 Å². The summed E-state index contributed by atoms with van der Waals surface area (Å²) in [4.78, 5) is 72.6. The van der Waals surface area contributed by atoms with E-state index in [-0.39, 0.29) is 25.7 Å². The molecule has 19 heteroatoms. The minimum Gasteiger partial charge on any atom is -0.462 e. The first-order valence-corrected chi connectivity index (χ1v) is 41.7. The van der Waals surface area contributed by atoms with Gasteiger partial charge in [-0.15, -0.1) is 0 Å². The van der Waals surface area contributed by atoms with Crippen LogP contribution in [0.1, 0.15) is 388 Å². The van der Waals surface area contributed by atoms with Gasteiger partial charge in [0.1, 0.15) is 19.3 Å². The Morgan fingerprint density at radius 2 is 0.516 bits per heavy atom. The van der Waals surface area contributed by atoms with Crippen molar-refractivity contribution in [3.8, 4) is 0 Å². The molecule has 0 fully saturated rings. The number of aliphatic hydroxyl groups excluding tert-OH is 1. The molecular formula is C74H144O17P2. The summed E-state index contributed by atoms with van der Waals surface area (Å²) in [5.74, 6) is -1.27. The Kier molecular flexibility index (Phi) is 65.9. The second kappa shape index (κ2) is 67.3. The summed E-state index contributed by atoms with van der Waals surface area (Å²) in [6.45, 7) is 7.30. The number of phosphoric acid groups is 2. The number of aliphatic hydroxyl groups is 1. The molecule has 0 aromatic rings. The SMILES string of the molecule is CCCCCCCCCCCCCCCCC(=O)OC[C@H](COP(=O)(O)OC[C@@H](O)COP(=O)(O)OC[C@@H](COC(=O)CCCCCCCCC)OC(=O)CCCCCCCCCCCCCCCC)OC(=O)CCCCCCCCCCCCCCCCC(C)CC. The highest BCUT2D eigenvalue weighted by Gasteiger charge is 2.30. The normalized spacial score (nSPS) is 14.3. The molecule has 0 spiro atoms. The molecule has 0 aromatic carbocycles. The van der Waals surface area contributed by atoms with Gasteiger partial charge in [-0.2, -0.15) is 0 Å². The van der Waals surface area contributed by atoms with Gasteiger partial charge in [0.25, 0.3) is 0 Å². The molecule has 0 aliphatic rings. The van der Waals surface area contributed by atoms with Crippen LogP contribution in [0.2, 0.25) is 0 Å². The van der Waals surface area contributed by atoms with Gasteiger partial charge in [0.05, 0.1) is 26.4 Å². The Hall–Kier alpha value is -1.94. The summed E-state index contributed by atoms with van der Waals surface area (Å²) in [6, 6.07) is 0. The van der Waals surface area contributed by atoms with Crippen molar-refractivity contribution in [2.24, 2.45) is 5.92 Å². The van der Waals surface area contributed by atoms with E-state index in [0.717, 1.165) is 109 Å². The molecule has 552 valence electrons. The van der Waals surface area contributed by atoms with Crippen molar-refractivity contribution in [2.45, 2.75) is 406 Å². The maximum absolute atomic E-state index is 13.1. The topological polar surface area (TPSA) is 237 Å². The molecule has 3 unspecified atom stereocenters. The third-order valence-electron chi connectivity index (χ3n) is 17.6. The van der Waals surface area contributed by atoms with Crippen LogP contribution < -0.4 is 0 Å². The van der Waals surface area contributed by atoms with Crippen molar-refractivity contribution in [1.29, 1.82) is 0 Å². The Bertz CT molecular complexity index is 1790. The summed E-state index contributed by atoms with van der Waals surface area (Å²) in [5, 5.41) is 10.6. The second-order valence-corrected chi connectivity index (χ2v) is 29.8. The van der Waals surface area contributed by atoms with Gasteiger partial charge in [-0.3, -0.25) is 37.3 Å². The zero-order valence-electron chi connectivity index (χ0n) is 60.4. The molecule has 17 nitrogen and oxygen atoms in total. The number of hydrogen-bond acceptors (Lipinski definition) is 15. The molecule has 0 heterocycles. The van der Waals surface area contributed by atoms with Crippen LogP contribution in [0.5, 0.6) is 0 Å². The van der Waals surface area contributed by atoms with Crippen LogP contribution in [0.15, 0.2) is 0 Å². The van der Waals surface area contributed by atoms with Gasteiger partial charge in [0.15, 0.2) is 12.2 Å². The van der Waals surface area contributed by atoms with Crippen LogP contribution in [0.4, 0.5) is 0 Å². The van der Waals surface area contributed by atoms with Crippen molar-refractivity contribution in [3.63, 3.8) is 0 Å². The molecule has 0 amide bonds. The predicted octanol–water partition coefficient (Wildman–Crippen LogP) is 21.7. The molecule has 0 aliphatic carbocycles. The second-order valence-electron chi connectivity index (χ2n) is 26.9. The molecule has 3 N–H and O–H groups in total. The number of rotatable bonds is 74. The van der Waals surface area contributed by atoms with E-state index < -0.39 is 97.5 Å². The zero-order chi connectivity index (χ0) is 68.4. The van der Waals surface area contributed by atoms with Gasteiger partial charge in [0.2, 0.25) is 0 Å². The quantitative estimate of drug-likeness (QED) is 0.0222. The maximum atomic E-state index is 13.1. The van der Waals surface area contributed by atoms with Crippen LogP contribution in [0.3, 0.4) is 0 Å². The Morgan fingerprint density at radius 3 is 0.763 bits per heavy atom. The largest absolute Gasteiger partial charge is 0.472 e. The van der Waals surface area contributed by atoms with Crippen molar-refractivity contribution in [3.05, 3.63) is 0 Å². The number of esters is 4. The lowest BCUT2D eigenvalue weighted by molar-refractivity contribution is -0.161. The first-order chi connectivity index (χ1) is 45.1. The molecule has 0 bridgehead atoms. The number of carbonyl (C=O) groups is 4. The Balaban J connectivity index is 5.20. The highest BCUT2D eigenvalue weighted by molar-refractivity contribution is 7.47. The lowest BCUT2D eigenvalue weighted by Crippen LogP contribution is -2.30. The third kappa shape index (κ3) is 67.0. The molecule has 93 heavy (non-hydrogen) atoms. The fourth-order valence-corrected chi connectivity index (χ4v) is 12.9. The van der Waals surface area contributed by atoms with E-state index in [4.69, 9.17) is 37.0 Å². The Labute approximate surface area is 568 Å². The van der Waals surface area contributed by atoms with Crippen molar-refractivity contribution < 1.29 is 80.2 Å². The molecule has 0 radical (unpaired) electrons. The maximum Gasteiger partial charge on any atom is 0.472 e. The van der Waals surface area contributed by atoms with Gasteiger partial charge < -0.3 is 33.8 Å². The van der Waals surface area contributed by atoms with Crippen LogP contribution in [0, 0.1) is 5.92 Å². The molecule has 0 saturated heterocycles. The van der Waals surface area contributed by atoms with E-state index in [9.17, 15) is 43.2 Å². The number of ether oxygens (including phenoxy) is 4. The van der Waals surface area contributed by atoms with Gasteiger partial charge in [-0.1, -0.05) is 336 Å². The summed E-state index contributed by atoms with van der Waals surface area (Å²) in [6.07, 6.45) is 55.4. The minimum atomic E-state index is -4.95. The zero-order valence-corrected chi connectivity index (χ0v) is 62.2. The van der Waals surface area contributed by atoms with E-state index in [1.165, 1.54) is 199 Å². The van der Waals surface area contributed by atoms with Crippen LogP contribution in [0.25, 0.3) is 0 Å². The van der Waals surface area contributed by atoms with Crippen LogP contribution >= 0.6 is 15.6 Å². The lowest BCUT2D eigenvalue weighted by atomic mass is 9.99.